The zero-order valence-electron chi connectivity index (χ0n) is 10.7. The molecule has 0 saturated carbocycles. The van der Waals surface area contributed by atoms with Crippen molar-refractivity contribution in [1.82, 2.24) is 4.98 Å². The Balaban J connectivity index is 2.11. The second-order valence-corrected chi connectivity index (χ2v) is 7.37. The van der Waals surface area contributed by atoms with Crippen LogP contribution in [0.2, 0.25) is 5.02 Å². The van der Waals surface area contributed by atoms with Crippen molar-refractivity contribution >= 4 is 43.2 Å². The van der Waals surface area contributed by atoms with Crippen molar-refractivity contribution in [2.45, 2.75) is 6.42 Å². The first-order chi connectivity index (χ1) is 9.87. The van der Waals surface area contributed by atoms with E-state index in [0.29, 0.717) is 6.42 Å². The fraction of sp³-hybridized carbons (Fsp3) is 0.154. The lowest BCUT2D eigenvalue weighted by Gasteiger charge is -2.11. The Kier molecular flexibility index (Phi) is 5.18. The van der Waals surface area contributed by atoms with Crippen molar-refractivity contribution in [1.29, 1.82) is 0 Å². The SMILES string of the molecule is O=S(=O)(CCc1ccncc1)Nc1c(Cl)cc(F)cc1Br. The molecule has 0 aliphatic carbocycles. The number of halogens is 3. The third-order valence-corrected chi connectivity index (χ3v) is 4.85. The molecule has 0 aliphatic rings. The molecule has 2 rings (SSSR count). The number of rotatable bonds is 5. The Morgan fingerprint density at radius 1 is 1.29 bits per heavy atom. The van der Waals surface area contributed by atoms with Gasteiger partial charge in [-0.05, 0) is 52.2 Å². The molecule has 0 atom stereocenters. The number of nitrogens with zero attached hydrogens (tertiary/aromatic N) is 1. The van der Waals surface area contributed by atoms with Crippen LogP contribution in [-0.4, -0.2) is 19.2 Å². The molecule has 1 heterocycles. The van der Waals surface area contributed by atoms with Gasteiger partial charge < -0.3 is 0 Å². The summed E-state index contributed by atoms with van der Waals surface area (Å²) in [4.78, 5) is 3.86. The molecule has 0 radical (unpaired) electrons. The lowest BCUT2D eigenvalue weighted by molar-refractivity contribution is 0.600. The van der Waals surface area contributed by atoms with Crippen LogP contribution in [0, 0.1) is 5.82 Å². The highest BCUT2D eigenvalue weighted by molar-refractivity contribution is 9.10. The van der Waals surface area contributed by atoms with E-state index >= 15 is 0 Å². The molecule has 1 aromatic heterocycles. The predicted molar refractivity (Wildman–Crippen MR) is 84.5 cm³/mol. The smallest absolute Gasteiger partial charge is 0.233 e. The van der Waals surface area contributed by atoms with E-state index in [1.165, 1.54) is 0 Å². The van der Waals surface area contributed by atoms with Gasteiger partial charge in [0.2, 0.25) is 10.0 Å². The van der Waals surface area contributed by atoms with Gasteiger partial charge in [-0.2, -0.15) is 0 Å². The zero-order valence-corrected chi connectivity index (χ0v) is 13.8. The molecule has 1 aromatic carbocycles. The van der Waals surface area contributed by atoms with Crippen LogP contribution in [0.5, 0.6) is 0 Å². The number of pyridine rings is 1. The van der Waals surface area contributed by atoms with Gasteiger partial charge in [0, 0.05) is 16.9 Å². The fourth-order valence-corrected chi connectivity index (χ4v) is 3.87. The first-order valence-electron chi connectivity index (χ1n) is 5.91. The Labute approximate surface area is 135 Å². The van der Waals surface area contributed by atoms with Gasteiger partial charge in [0.05, 0.1) is 16.5 Å². The molecule has 0 amide bonds. The second kappa shape index (κ2) is 6.72. The zero-order chi connectivity index (χ0) is 15.5. The number of anilines is 1. The first-order valence-corrected chi connectivity index (χ1v) is 8.73. The summed E-state index contributed by atoms with van der Waals surface area (Å²) in [5, 5.41) is -0.00522. The van der Waals surface area contributed by atoms with Gasteiger partial charge in [-0.1, -0.05) is 11.6 Å². The van der Waals surface area contributed by atoms with Crippen LogP contribution in [0.1, 0.15) is 5.56 Å². The molecule has 112 valence electrons. The van der Waals surface area contributed by atoms with Crippen LogP contribution in [0.3, 0.4) is 0 Å². The molecule has 8 heteroatoms. The van der Waals surface area contributed by atoms with Crippen LogP contribution in [0.15, 0.2) is 41.1 Å². The fourth-order valence-electron chi connectivity index (χ4n) is 1.65. The first kappa shape index (κ1) is 16.2. The van der Waals surface area contributed by atoms with Crippen LogP contribution in [-0.2, 0) is 16.4 Å². The number of benzene rings is 1. The normalized spacial score (nSPS) is 11.4. The van der Waals surface area contributed by atoms with Gasteiger partial charge in [0.15, 0.2) is 0 Å². The molecule has 0 bridgehead atoms. The monoisotopic (exact) mass is 392 g/mol. The van der Waals surface area contributed by atoms with Crippen molar-refractivity contribution in [3.8, 4) is 0 Å². The number of nitrogens with one attached hydrogen (secondary N) is 1. The molecule has 2 aromatic rings. The number of aryl methyl sites for hydroxylation is 1. The second-order valence-electron chi connectivity index (χ2n) is 4.27. The minimum absolute atomic E-state index is 0.00522. The van der Waals surface area contributed by atoms with E-state index in [9.17, 15) is 12.8 Å². The highest BCUT2D eigenvalue weighted by Gasteiger charge is 2.16. The summed E-state index contributed by atoms with van der Waals surface area (Å²) in [6.45, 7) is 0. The number of sulfonamides is 1. The molecule has 0 fully saturated rings. The Morgan fingerprint density at radius 2 is 1.95 bits per heavy atom. The van der Waals surface area contributed by atoms with E-state index in [4.69, 9.17) is 11.6 Å². The van der Waals surface area contributed by atoms with Gasteiger partial charge in [-0.15, -0.1) is 0 Å². The predicted octanol–water partition coefficient (Wildman–Crippen LogP) is 3.62. The van der Waals surface area contributed by atoms with Crippen LogP contribution >= 0.6 is 27.5 Å². The van der Waals surface area contributed by atoms with Crippen LogP contribution in [0.25, 0.3) is 0 Å². The van der Waals surface area contributed by atoms with E-state index in [0.717, 1.165) is 17.7 Å². The van der Waals surface area contributed by atoms with E-state index in [-0.39, 0.29) is 20.9 Å². The minimum atomic E-state index is -3.60. The lowest BCUT2D eigenvalue weighted by Crippen LogP contribution is -2.18. The maximum Gasteiger partial charge on any atom is 0.233 e. The molecule has 0 aliphatic heterocycles. The minimum Gasteiger partial charge on any atom is -0.281 e. The summed E-state index contributed by atoms with van der Waals surface area (Å²) in [5.74, 6) is -0.663. The van der Waals surface area contributed by atoms with Crippen molar-refractivity contribution in [3.05, 3.63) is 57.5 Å². The topological polar surface area (TPSA) is 59.1 Å². The van der Waals surface area contributed by atoms with Crippen LogP contribution in [0.4, 0.5) is 10.1 Å². The summed E-state index contributed by atoms with van der Waals surface area (Å²) < 4.78 is 39.9. The molecular formula is C13H11BrClFN2O2S. The van der Waals surface area contributed by atoms with Crippen molar-refractivity contribution in [2.75, 3.05) is 10.5 Å². The van der Waals surface area contributed by atoms with Crippen molar-refractivity contribution < 1.29 is 12.8 Å². The van der Waals surface area contributed by atoms with Gasteiger partial charge >= 0.3 is 0 Å². The quantitative estimate of drug-likeness (QED) is 0.844. The Hall–Kier alpha value is -1.18. The van der Waals surface area contributed by atoms with Gasteiger partial charge in [-0.3, -0.25) is 9.71 Å². The summed E-state index contributed by atoms with van der Waals surface area (Å²) >= 11 is 8.94. The molecule has 1 N–H and O–H groups in total. The molecular weight excluding hydrogens is 383 g/mol. The Bertz CT molecular complexity index is 718. The van der Waals surface area contributed by atoms with Crippen molar-refractivity contribution in [2.24, 2.45) is 0 Å². The molecule has 0 saturated heterocycles. The summed E-state index contributed by atoms with van der Waals surface area (Å²) in [6, 6.07) is 5.69. The summed E-state index contributed by atoms with van der Waals surface area (Å²) in [7, 11) is -3.60. The molecule has 0 unspecified atom stereocenters. The average Bonchev–Trinajstić information content (AvgIpc) is 2.42. The van der Waals surface area contributed by atoms with Gasteiger partial charge in [0.1, 0.15) is 5.82 Å². The third-order valence-electron chi connectivity index (χ3n) is 2.67. The molecule has 0 spiro atoms. The highest BCUT2D eigenvalue weighted by atomic mass is 79.9. The van der Waals surface area contributed by atoms with E-state index in [2.05, 4.69) is 25.6 Å². The maximum absolute atomic E-state index is 13.1. The Morgan fingerprint density at radius 3 is 2.57 bits per heavy atom. The standard InChI is InChI=1S/C13H11BrClFN2O2S/c14-11-7-10(16)8-12(15)13(11)18-21(19,20)6-3-9-1-4-17-5-2-9/h1-2,4-5,7-8,18H,3,6H2. The summed E-state index contributed by atoms with van der Waals surface area (Å²) in [5.41, 5.74) is 0.993. The molecule has 4 nitrogen and oxygen atoms in total. The van der Waals surface area contributed by atoms with E-state index < -0.39 is 15.8 Å². The lowest BCUT2D eigenvalue weighted by atomic mass is 10.2. The number of hydrogen-bond donors (Lipinski definition) is 1. The van der Waals surface area contributed by atoms with E-state index in [1.807, 2.05) is 0 Å². The molecule has 21 heavy (non-hydrogen) atoms. The largest absolute Gasteiger partial charge is 0.281 e. The van der Waals surface area contributed by atoms with Gasteiger partial charge in [-0.25, -0.2) is 12.8 Å². The summed E-state index contributed by atoms with van der Waals surface area (Å²) in [6.07, 6.45) is 3.54. The van der Waals surface area contributed by atoms with Gasteiger partial charge in [0.25, 0.3) is 0 Å². The van der Waals surface area contributed by atoms with E-state index in [1.54, 1.807) is 24.5 Å². The number of hydrogen-bond acceptors (Lipinski definition) is 3. The number of aromatic nitrogens is 1. The third kappa shape index (κ3) is 4.66. The highest BCUT2D eigenvalue weighted by Crippen LogP contribution is 2.32. The maximum atomic E-state index is 13.1. The average molecular weight is 394 g/mol. The van der Waals surface area contributed by atoms with Crippen LogP contribution < -0.4 is 4.72 Å². The van der Waals surface area contributed by atoms with Crippen molar-refractivity contribution in [3.63, 3.8) is 0 Å².